The van der Waals surface area contributed by atoms with Gasteiger partial charge in [0, 0.05) is 53.1 Å². The fourth-order valence-corrected chi connectivity index (χ4v) is 4.72. The van der Waals surface area contributed by atoms with Gasteiger partial charge in [-0.3, -0.25) is 14.3 Å². The molecule has 1 atom stereocenters. The van der Waals surface area contributed by atoms with Crippen molar-refractivity contribution in [2.24, 2.45) is 5.92 Å². The van der Waals surface area contributed by atoms with Gasteiger partial charge in [0.25, 0.3) is 0 Å². The average molecular weight is 400 g/mol. The van der Waals surface area contributed by atoms with Crippen LogP contribution in [0.4, 0.5) is 0 Å². The Bertz CT molecular complexity index is 935. The number of aromatic nitrogens is 2. The van der Waals surface area contributed by atoms with Crippen LogP contribution in [0.15, 0.2) is 48.1 Å². The molecule has 6 heteroatoms. The van der Waals surface area contributed by atoms with Gasteiger partial charge in [0.1, 0.15) is 0 Å². The molecule has 1 aromatic carbocycles. The predicted molar refractivity (Wildman–Crippen MR) is 110 cm³/mol. The number of hydrogen-bond donors (Lipinski definition) is 0. The third-order valence-corrected chi connectivity index (χ3v) is 6.18. The van der Waals surface area contributed by atoms with Gasteiger partial charge in [-0.1, -0.05) is 11.6 Å². The molecule has 0 aliphatic carbocycles. The minimum Gasteiger partial charge on any atom is -0.297 e. The van der Waals surface area contributed by atoms with Crippen molar-refractivity contribution >= 4 is 28.7 Å². The van der Waals surface area contributed by atoms with Gasteiger partial charge in [0.15, 0.2) is 10.9 Å². The van der Waals surface area contributed by atoms with Gasteiger partial charge in [-0.15, -0.1) is 11.3 Å². The van der Waals surface area contributed by atoms with Gasteiger partial charge < -0.3 is 0 Å². The first-order valence-electron chi connectivity index (χ1n) is 9.20. The van der Waals surface area contributed by atoms with Crippen LogP contribution in [0.2, 0.25) is 5.02 Å². The molecule has 0 spiro atoms. The SMILES string of the molecule is Cc1cc(Cl)ccc1C(=O)[C@@H]1CCCN(Cc2cccn2-c2nccs2)C1. The number of Topliss-reactive ketones (excluding diaryl/α,β-unsaturated/α-hetero) is 1. The number of ketones is 1. The molecule has 27 heavy (non-hydrogen) atoms. The van der Waals surface area contributed by atoms with E-state index in [0.29, 0.717) is 5.02 Å². The molecule has 0 amide bonds. The third-order valence-electron chi connectivity index (χ3n) is 5.17. The van der Waals surface area contributed by atoms with Crippen LogP contribution in [-0.4, -0.2) is 33.3 Å². The molecule has 0 radical (unpaired) electrons. The Morgan fingerprint density at radius 3 is 3.04 bits per heavy atom. The maximum absolute atomic E-state index is 13.1. The lowest BCUT2D eigenvalue weighted by molar-refractivity contribution is 0.0809. The van der Waals surface area contributed by atoms with Crippen LogP contribution in [0.3, 0.4) is 0 Å². The van der Waals surface area contributed by atoms with E-state index in [4.69, 9.17) is 11.6 Å². The monoisotopic (exact) mass is 399 g/mol. The smallest absolute Gasteiger partial charge is 0.193 e. The quantitative estimate of drug-likeness (QED) is 0.567. The van der Waals surface area contributed by atoms with Crippen LogP contribution in [0.5, 0.6) is 0 Å². The number of aryl methyl sites for hydroxylation is 1. The highest BCUT2D eigenvalue weighted by atomic mass is 35.5. The number of carbonyl (C=O) groups excluding carboxylic acids is 1. The second kappa shape index (κ2) is 7.97. The molecule has 0 bridgehead atoms. The number of nitrogens with zero attached hydrogens (tertiary/aromatic N) is 3. The Labute approximate surface area is 168 Å². The summed E-state index contributed by atoms with van der Waals surface area (Å²) in [6, 6.07) is 9.74. The Balaban J connectivity index is 1.47. The van der Waals surface area contributed by atoms with Crippen LogP contribution in [-0.2, 0) is 6.54 Å². The minimum absolute atomic E-state index is 0.0434. The summed E-state index contributed by atoms with van der Waals surface area (Å²) in [5.74, 6) is 0.283. The van der Waals surface area contributed by atoms with Crippen molar-refractivity contribution in [3.63, 3.8) is 0 Å². The van der Waals surface area contributed by atoms with E-state index < -0.39 is 0 Å². The molecule has 4 rings (SSSR count). The van der Waals surface area contributed by atoms with Crippen molar-refractivity contribution in [2.75, 3.05) is 13.1 Å². The van der Waals surface area contributed by atoms with Gasteiger partial charge in [-0.2, -0.15) is 0 Å². The number of thiazole rings is 1. The molecule has 0 N–H and O–H groups in total. The molecule has 1 aliphatic rings. The molecule has 140 valence electrons. The summed E-state index contributed by atoms with van der Waals surface area (Å²) in [5.41, 5.74) is 2.97. The van der Waals surface area contributed by atoms with Crippen LogP contribution in [0.25, 0.3) is 5.13 Å². The van der Waals surface area contributed by atoms with Crippen molar-refractivity contribution in [3.05, 3.63) is 69.9 Å². The van der Waals surface area contributed by atoms with Crippen LogP contribution < -0.4 is 0 Å². The molecule has 0 unspecified atom stereocenters. The largest absolute Gasteiger partial charge is 0.297 e. The first kappa shape index (κ1) is 18.4. The van der Waals surface area contributed by atoms with E-state index in [1.807, 2.05) is 36.7 Å². The fraction of sp³-hybridized carbons (Fsp3) is 0.333. The lowest BCUT2D eigenvalue weighted by Crippen LogP contribution is -2.38. The van der Waals surface area contributed by atoms with E-state index in [0.717, 1.165) is 48.7 Å². The Hall–Kier alpha value is -1.95. The first-order valence-corrected chi connectivity index (χ1v) is 10.5. The highest BCUT2D eigenvalue weighted by molar-refractivity contribution is 7.12. The summed E-state index contributed by atoms with van der Waals surface area (Å²) >= 11 is 7.67. The third kappa shape index (κ3) is 4.00. The number of benzene rings is 1. The molecule has 3 heterocycles. The molecule has 1 fully saturated rings. The van der Waals surface area contributed by atoms with E-state index in [-0.39, 0.29) is 11.7 Å². The van der Waals surface area contributed by atoms with Crippen molar-refractivity contribution in [1.82, 2.24) is 14.5 Å². The topological polar surface area (TPSA) is 38.1 Å². The molecule has 1 aliphatic heterocycles. The Morgan fingerprint density at radius 1 is 1.37 bits per heavy atom. The number of hydrogen-bond acceptors (Lipinski definition) is 4. The highest BCUT2D eigenvalue weighted by Crippen LogP contribution is 2.26. The Morgan fingerprint density at radius 2 is 2.26 bits per heavy atom. The molecule has 2 aromatic heterocycles. The van der Waals surface area contributed by atoms with Crippen LogP contribution in [0.1, 0.15) is 34.5 Å². The molecule has 3 aromatic rings. The zero-order chi connectivity index (χ0) is 18.8. The maximum atomic E-state index is 13.1. The predicted octanol–water partition coefficient (Wildman–Crippen LogP) is 4.99. The second-order valence-corrected chi connectivity index (χ2v) is 8.39. The second-order valence-electron chi connectivity index (χ2n) is 7.08. The zero-order valence-corrected chi connectivity index (χ0v) is 16.8. The number of carbonyl (C=O) groups is 1. The minimum atomic E-state index is 0.0434. The van der Waals surface area contributed by atoms with E-state index in [2.05, 4.69) is 32.8 Å². The number of piperidine rings is 1. The lowest BCUT2D eigenvalue weighted by Gasteiger charge is -2.32. The van der Waals surface area contributed by atoms with Gasteiger partial charge in [0.05, 0.1) is 0 Å². The van der Waals surface area contributed by atoms with Crippen LogP contribution >= 0.6 is 22.9 Å². The van der Waals surface area contributed by atoms with Crippen molar-refractivity contribution in [3.8, 4) is 5.13 Å². The summed E-state index contributed by atoms with van der Waals surface area (Å²) in [5, 5.41) is 3.65. The standard InChI is InChI=1S/C21H22ClN3OS/c1-15-12-17(22)6-7-19(15)20(26)16-4-2-9-24(13-16)14-18-5-3-10-25(18)21-23-8-11-27-21/h3,5-8,10-12,16H,2,4,9,13-14H2,1H3/t16-/m1/s1. The first-order chi connectivity index (χ1) is 13.1. The lowest BCUT2D eigenvalue weighted by atomic mass is 9.88. The maximum Gasteiger partial charge on any atom is 0.193 e. The molecule has 1 saturated heterocycles. The van der Waals surface area contributed by atoms with Gasteiger partial charge in [0.2, 0.25) is 0 Å². The number of halogens is 1. The van der Waals surface area contributed by atoms with E-state index in [9.17, 15) is 4.79 Å². The van der Waals surface area contributed by atoms with E-state index in [1.54, 1.807) is 11.3 Å². The summed E-state index contributed by atoms with van der Waals surface area (Å²) in [4.78, 5) is 19.8. The highest BCUT2D eigenvalue weighted by Gasteiger charge is 2.28. The molecule has 4 nitrogen and oxygen atoms in total. The Kier molecular flexibility index (Phi) is 5.43. The van der Waals surface area contributed by atoms with Crippen molar-refractivity contribution in [2.45, 2.75) is 26.3 Å². The summed E-state index contributed by atoms with van der Waals surface area (Å²) in [6.45, 7) is 4.60. The summed E-state index contributed by atoms with van der Waals surface area (Å²) < 4.78 is 2.14. The number of likely N-dealkylation sites (tertiary alicyclic amines) is 1. The van der Waals surface area contributed by atoms with Crippen molar-refractivity contribution < 1.29 is 4.79 Å². The molecule has 0 saturated carbocycles. The fourth-order valence-electron chi connectivity index (χ4n) is 3.83. The normalized spacial score (nSPS) is 17.9. The van der Waals surface area contributed by atoms with Gasteiger partial charge in [-0.05, 0) is 62.2 Å². The van der Waals surface area contributed by atoms with E-state index in [1.165, 1.54) is 5.69 Å². The number of rotatable bonds is 5. The summed E-state index contributed by atoms with van der Waals surface area (Å²) in [7, 11) is 0. The molecular weight excluding hydrogens is 378 g/mol. The average Bonchev–Trinajstić information content (AvgIpc) is 3.33. The van der Waals surface area contributed by atoms with Gasteiger partial charge >= 0.3 is 0 Å². The zero-order valence-electron chi connectivity index (χ0n) is 15.3. The van der Waals surface area contributed by atoms with Crippen molar-refractivity contribution in [1.29, 1.82) is 0 Å². The van der Waals surface area contributed by atoms with E-state index >= 15 is 0 Å². The molecular formula is C21H22ClN3OS. The van der Waals surface area contributed by atoms with Gasteiger partial charge in [-0.25, -0.2) is 4.98 Å². The summed E-state index contributed by atoms with van der Waals surface area (Å²) in [6.07, 6.45) is 5.87. The van der Waals surface area contributed by atoms with Crippen LogP contribution in [0, 0.1) is 12.8 Å².